The van der Waals surface area contributed by atoms with E-state index in [1.54, 1.807) is 6.07 Å². The molecule has 3 rings (SSSR count). The van der Waals surface area contributed by atoms with Gasteiger partial charge in [-0.1, -0.05) is 19.9 Å². The summed E-state index contributed by atoms with van der Waals surface area (Å²) in [5.41, 5.74) is 10.3. The quantitative estimate of drug-likeness (QED) is 0.338. The Kier molecular flexibility index (Phi) is 6.69. The number of aryl methyl sites for hydroxylation is 1. The standard InChI is InChI=1S/C22H31FN6/c1-15(2)11-17-12-18(23)21(22(24)27-25)20(13-17)29-9-7-28(8-10-29)14-19-16(3)5-4-6-26-19/h4-6,12-13,15H,7-11,14,25H2,1-3H3,(H2,24,27). The van der Waals surface area contributed by atoms with Gasteiger partial charge < -0.3 is 16.5 Å². The van der Waals surface area contributed by atoms with Gasteiger partial charge in [-0.15, -0.1) is 0 Å². The zero-order valence-electron chi connectivity index (χ0n) is 17.5. The molecule has 1 saturated heterocycles. The molecule has 2 heterocycles. The van der Waals surface area contributed by atoms with E-state index in [1.807, 2.05) is 18.3 Å². The number of hydrogen-bond acceptors (Lipinski definition) is 5. The van der Waals surface area contributed by atoms with Crippen LogP contribution in [-0.2, 0) is 13.0 Å². The first kappa shape index (κ1) is 21.0. The van der Waals surface area contributed by atoms with Gasteiger partial charge in [-0.25, -0.2) is 4.39 Å². The molecule has 1 aromatic carbocycles. The lowest BCUT2D eigenvalue weighted by atomic mass is 9.98. The molecule has 7 heteroatoms. The summed E-state index contributed by atoms with van der Waals surface area (Å²) in [6.07, 6.45) is 2.64. The van der Waals surface area contributed by atoms with E-state index in [2.05, 4.69) is 46.7 Å². The predicted octanol–water partition coefficient (Wildman–Crippen LogP) is 2.63. The Bertz CT molecular complexity index is 872. The summed E-state index contributed by atoms with van der Waals surface area (Å²) < 4.78 is 14.9. The molecule has 0 aliphatic carbocycles. The van der Waals surface area contributed by atoms with Gasteiger partial charge >= 0.3 is 0 Å². The second-order valence-electron chi connectivity index (χ2n) is 8.11. The van der Waals surface area contributed by atoms with Gasteiger partial charge in [0.25, 0.3) is 0 Å². The Morgan fingerprint density at radius 1 is 1.24 bits per heavy atom. The Morgan fingerprint density at radius 3 is 2.59 bits per heavy atom. The second-order valence-corrected chi connectivity index (χ2v) is 8.11. The van der Waals surface area contributed by atoms with Crippen LogP contribution in [0, 0.1) is 18.7 Å². The average molecular weight is 399 g/mol. The molecular formula is C22H31FN6. The van der Waals surface area contributed by atoms with Crippen molar-refractivity contribution < 1.29 is 4.39 Å². The van der Waals surface area contributed by atoms with Crippen LogP contribution >= 0.6 is 0 Å². The zero-order chi connectivity index (χ0) is 21.0. The topological polar surface area (TPSA) is 83.8 Å². The number of halogens is 1. The van der Waals surface area contributed by atoms with Gasteiger partial charge in [-0.2, -0.15) is 5.10 Å². The highest BCUT2D eigenvalue weighted by Gasteiger charge is 2.24. The first-order valence-electron chi connectivity index (χ1n) is 10.1. The summed E-state index contributed by atoms with van der Waals surface area (Å²) in [5.74, 6) is 5.48. The van der Waals surface area contributed by atoms with E-state index in [0.717, 1.165) is 56.1 Å². The van der Waals surface area contributed by atoms with Crippen molar-refractivity contribution in [2.75, 3.05) is 31.1 Å². The van der Waals surface area contributed by atoms with Crippen molar-refractivity contribution in [2.45, 2.75) is 33.7 Å². The lowest BCUT2D eigenvalue weighted by molar-refractivity contribution is 0.246. The van der Waals surface area contributed by atoms with Crippen LogP contribution in [0.2, 0.25) is 0 Å². The van der Waals surface area contributed by atoms with Crippen LogP contribution in [-0.4, -0.2) is 41.9 Å². The van der Waals surface area contributed by atoms with E-state index in [1.165, 1.54) is 5.56 Å². The maximum Gasteiger partial charge on any atom is 0.155 e. The summed E-state index contributed by atoms with van der Waals surface area (Å²) in [6, 6.07) is 7.63. The van der Waals surface area contributed by atoms with Crippen LogP contribution in [0.15, 0.2) is 35.6 Å². The third-order valence-electron chi connectivity index (χ3n) is 5.37. The van der Waals surface area contributed by atoms with Gasteiger partial charge in [0, 0.05) is 38.9 Å². The van der Waals surface area contributed by atoms with Crippen LogP contribution in [0.5, 0.6) is 0 Å². The van der Waals surface area contributed by atoms with Gasteiger partial charge in [0.05, 0.1) is 16.9 Å². The molecule has 1 aromatic heterocycles. The second kappa shape index (κ2) is 9.22. The molecule has 0 spiro atoms. The fourth-order valence-electron chi connectivity index (χ4n) is 3.85. The van der Waals surface area contributed by atoms with E-state index < -0.39 is 0 Å². The molecule has 6 nitrogen and oxygen atoms in total. The molecule has 4 N–H and O–H groups in total. The van der Waals surface area contributed by atoms with Gasteiger partial charge in [-0.05, 0) is 48.6 Å². The van der Waals surface area contributed by atoms with E-state index >= 15 is 0 Å². The number of piperazine rings is 1. The van der Waals surface area contributed by atoms with E-state index in [4.69, 9.17) is 11.6 Å². The summed E-state index contributed by atoms with van der Waals surface area (Å²) in [6.45, 7) is 10.4. The first-order valence-corrected chi connectivity index (χ1v) is 10.1. The normalized spacial score (nSPS) is 15.9. The van der Waals surface area contributed by atoms with E-state index in [9.17, 15) is 4.39 Å². The largest absolute Gasteiger partial charge is 0.382 e. The number of anilines is 1. The molecule has 2 aromatic rings. The van der Waals surface area contributed by atoms with Crippen molar-refractivity contribution in [3.8, 4) is 0 Å². The number of hydrazone groups is 1. The molecule has 156 valence electrons. The van der Waals surface area contributed by atoms with Crippen LogP contribution < -0.4 is 16.5 Å². The maximum atomic E-state index is 14.9. The molecule has 1 fully saturated rings. The molecule has 29 heavy (non-hydrogen) atoms. The molecule has 0 bridgehead atoms. The summed E-state index contributed by atoms with van der Waals surface area (Å²) >= 11 is 0. The highest BCUT2D eigenvalue weighted by Crippen LogP contribution is 2.28. The number of aromatic nitrogens is 1. The van der Waals surface area contributed by atoms with Crippen molar-refractivity contribution in [1.82, 2.24) is 9.88 Å². The van der Waals surface area contributed by atoms with Crippen LogP contribution in [0.1, 0.15) is 36.2 Å². The highest BCUT2D eigenvalue weighted by molar-refractivity contribution is 6.02. The number of benzene rings is 1. The SMILES string of the molecule is Cc1cccnc1CN1CCN(c2cc(CC(C)C)cc(F)c2/C(N)=N/N)CC1. The zero-order valence-corrected chi connectivity index (χ0v) is 17.5. The summed E-state index contributed by atoms with van der Waals surface area (Å²) in [7, 11) is 0. The predicted molar refractivity (Wildman–Crippen MR) is 116 cm³/mol. The Hall–Kier alpha value is -2.67. The number of hydrogen-bond donors (Lipinski definition) is 2. The summed E-state index contributed by atoms with van der Waals surface area (Å²) in [5, 5.41) is 3.56. The van der Waals surface area contributed by atoms with Gasteiger partial charge in [0.1, 0.15) is 5.82 Å². The van der Waals surface area contributed by atoms with Crippen molar-refractivity contribution >= 4 is 11.5 Å². The molecule has 0 radical (unpaired) electrons. The van der Waals surface area contributed by atoms with Crippen molar-refractivity contribution in [3.05, 3.63) is 58.7 Å². The van der Waals surface area contributed by atoms with Crippen molar-refractivity contribution in [3.63, 3.8) is 0 Å². The third-order valence-corrected chi connectivity index (χ3v) is 5.37. The minimum absolute atomic E-state index is 0.0279. The van der Waals surface area contributed by atoms with Crippen molar-refractivity contribution in [2.24, 2.45) is 22.6 Å². The number of nitrogens with zero attached hydrogens (tertiary/aromatic N) is 4. The number of rotatable bonds is 6. The lowest BCUT2D eigenvalue weighted by Gasteiger charge is -2.37. The third kappa shape index (κ3) is 5.03. The molecule has 0 amide bonds. The average Bonchev–Trinajstić information content (AvgIpc) is 2.69. The molecule has 0 saturated carbocycles. The van der Waals surface area contributed by atoms with Gasteiger partial charge in [0.15, 0.2) is 5.84 Å². The number of nitrogens with two attached hydrogens (primary N) is 2. The Labute approximate surface area is 172 Å². The van der Waals surface area contributed by atoms with Gasteiger partial charge in [0.2, 0.25) is 0 Å². The van der Waals surface area contributed by atoms with Crippen molar-refractivity contribution in [1.29, 1.82) is 0 Å². The first-order chi connectivity index (χ1) is 13.9. The van der Waals surface area contributed by atoms with Crippen LogP contribution in [0.3, 0.4) is 0 Å². The minimum Gasteiger partial charge on any atom is -0.382 e. The Morgan fingerprint density at radius 2 is 1.97 bits per heavy atom. The van der Waals surface area contributed by atoms with E-state index in [-0.39, 0.29) is 11.7 Å². The smallest absolute Gasteiger partial charge is 0.155 e. The molecule has 1 aliphatic heterocycles. The van der Waals surface area contributed by atoms with Crippen LogP contribution in [0.4, 0.5) is 10.1 Å². The number of pyridine rings is 1. The molecule has 0 unspecified atom stereocenters. The summed E-state index contributed by atoms with van der Waals surface area (Å²) in [4.78, 5) is 9.06. The number of amidine groups is 1. The molecular weight excluding hydrogens is 367 g/mol. The van der Waals surface area contributed by atoms with Gasteiger partial charge in [-0.3, -0.25) is 9.88 Å². The monoisotopic (exact) mass is 398 g/mol. The lowest BCUT2D eigenvalue weighted by Crippen LogP contribution is -2.46. The Balaban J connectivity index is 1.79. The highest BCUT2D eigenvalue weighted by atomic mass is 19.1. The van der Waals surface area contributed by atoms with Crippen LogP contribution in [0.25, 0.3) is 0 Å². The maximum absolute atomic E-state index is 14.9. The molecule has 1 aliphatic rings. The van der Waals surface area contributed by atoms with E-state index in [0.29, 0.717) is 11.5 Å². The fraction of sp³-hybridized carbons (Fsp3) is 0.455. The minimum atomic E-state index is -0.364. The fourth-order valence-corrected chi connectivity index (χ4v) is 3.85. The molecule has 0 atom stereocenters.